The van der Waals surface area contributed by atoms with Crippen molar-refractivity contribution in [3.05, 3.63) is 88.0 Å². The Bertz CT molecular complexity index is 945. The quantitative estimate of drug-likeness (QED) is 0.756. The third kappa shape index (κ3) is 3.83. The van der Waals surface area contributed by atoms with Crippen LogP contribution in [-0.4, -0.2) is 10.9 Å². The minimum atomic E-state index is -0.496. The minimum absolute atomic E-state index is 0.0189. The molecule has 0 fully saturated rings. The van der Waals surface area contributed by atoms with Crippen molar-refractivity contribution < 1.29 is 9.18 Å². The zero-order valence-corrected chi connectivity index (χ0v) is 13.7. The van der Waals surface area contributed by atoms with Gasteiger partial charge in [0, 0.05) is 11.4 Å². The maximum atomic E-state index is 13.0. The number of carbonyl (C=O) groups excluding carboxylic acids is 1. The van der Waals surface area contributed by atoms with E-state index in [1.165, 1.54) is 23.8 Å². The van der Waals surface area contributed by atoms with E-state index in [0.29, 0.717) is 16.9 Å². The van der Waals surface area contributed by atoms with Gasteiger partial charge in [-0.05, 0) is 66.1 Å². The summed E-state index contributed by atoms with van der Waals surface area (Å²) < 4.78 is 13.0. The van der Waals surface area contributed by atoms with Crippen LogP contribution < -0.4 is 10.9 Å². The van der Waals surface area contributed by atoms with Crippen molar-refractivity contribution >= 4 is 11.6 Å². The maximum absolute atomic E-state index is 13.0. The lowest BCUT2D eigenvalue weighted by Crippen LogP contribution is -2.23. The summed E-state index contributed by atoms with van der Waals surface area (Å²) in [7, 11) is 0. The Hall–Kier alpha value is -3.21. The van der Waals surface area contributed by atoms with Crippen molar-refractivity contribution in [3.63, 3.8) is 0 Å². The molecule has 25 heavy (non-hydrogen) atoms. The first kappa shape index (κ1) is 16.6. The van der Waals surface area contributed by atoms with E-state index in [-0.39, 0.29) is 11.4 Å². The first-order chi connectivity index (χ1) is 12.1. The number of hydrogen-bond acceptors (Lipinski definition) is 2. The smallest absolute Gasteiger partial charge is 0.261 e. The number of carbonyl (C=O) groups is 1. The lowest BCUT2D eigenvalue weighted by atomic mass is 10.1. The van der Waals surface area contributed by atoms with Gasteiger partial charge in [-0.1, -0.05) is 19.1 Å². The standard InChI is InChI=1S/C20H17FN2O2/c1-2-13-3-9-16(10-4-13)22-19(24)17-11-12-18(23-20(17)25)14-5-7-15(21)8-6-14/h3-12H,2H2,1H3,(H,22,24)(H,23,25). The molecule has 1 aromatic heterocycles. The largest absolute Gasteiger partial charge is 0.322 e. The second kappa shape index (κ2) is 7.13. The van der Waals surface area contributed by atoms with E-state index in [0.717, 1.165) is 6.42 Å². The normalized spacial score (nSPS) is 10.5. The Kier molecular flexibility index (Phi) is 4.75. The molecule has 0 radical (unpaired) electrons. The molecule has 1 amide bonds. The fourth-order valence-corrected chi connectivity index (χ4v) is 2.47. The number of aromatic amines is 1. The second-order valence-electron chi connectivity index (χ2n) is 5.63. The monoisotopic (exact) mass is 336 g/mol. The summed E-state index contributed by atoms with van der Waals surface area (Å²) in [6, 6.07) is 16.3. The van der Waals surface area contributed by atoms with E-state index in [4.69, 9.17) is 0 Å². The number of H-pyrrole nitrogens is 1. The number of rotatable bonds is 4. The fourth-order valence-electron chi connectivity index (χ4n) is 2.47. The molecule has 126 valence electrons. The van der Waals surface area contributed by atoms with Gasteiger partial charge in [-0.2, -0.15) is 0 Å². The molecule has 0 aliphatic heterocycles. The van der Waals surface area contributed by atoms with Crippen LogP contribution in [0.2, 0.25) is 0 Å². The molecular weight excluding hydrogens is 319 g/mol. The van der Waals surface area contributed by atoms with E-state index in [2.05, 4.69) is 17.2 Å². The SMILES string of the molecule is CCc1ccc(NC(=O)c2ccc(-c3ccc(F)cc3)[nH]c2=O)cc1. The molecule has 4 nitrogen and oxygen atoms in total. The van der Waals surface area contributed by atoms with Crippen LogP contribution in [0.3, 0.4) is 0 Å². The van der Waals surface area contributed by atoms with Gasteiger partial charge in [-0.15, -0.1) is 0 Å². The van der Waals surface area contributed by atoms with Crippen molar-refractivity contribution in [1.29, 1.82) is 0 Å². The number of hydrogen-bond donors (Lipinski definition) is 2. The molecule has 0 aliphatic carbocycles. The van der Waals surface area contributed by atoms with Gasteiger partial charge in [-0.3, -0.25) is 9.59 Å². The number of benzene rings is 2. The molecule has 0 aliphatic rings. The highest BCUT2D eigenvalue weighted by Gasteiger charge is 2.12. The van der Waals surface area contributed by atoms with E-state index >= 15 is 0 Å². The van der Waals surface area contributed by atoms with Crippen LogP contribution in [0.15, 0.2) is 65.5 Å². The molecule has 3 rings (SSSR count). The lowest BCUT2D eigenvalue weighted by Gasteiger charge is -2.07. The summed E-state index contributed by atoms with van der Waals surface area (Å²) in [4.78, 5) is 27.2. The average Bonchev–Trinajstić information content (AvgIpc) is 2.62. The van der Waals surface area contributed by atoms with Crippen LogP contribution in [0, 0.1) is 5.82 Å². The Morgan fingerprint density at radius 2 is 1.68 bits per heavy atom. The van der Waals surface area contributed by atoms with Crippen LogP contribution >= 0.6 is 0 Å². The predicted molar refractivity (Wildman–Crippen MR) is 96.2 cm³/mol. The van der Waals surface area contributed by atoms with Gasteiger partial charge in [0.15, 0.2) is 0 Å². The van der Waals surface area contributed by atoms with E-state index in [1.807, 2.05) is 12.1 Å². The molecule has 0 bridgehead atoms. The van der Waals surface area contributed by atoms with Crippen molar-refractivity contribution in [2.24, 2.45) is 0 Å². The van der Waals surface area contributed by atoms with Gasteiger partial charge < -0.3 is 10.3 Å². The van der Waals surface area contributed by atoms with E-state index in [9.17, 15) is 14.0 Å². The summed E-state index contributed by atoms with van der Waals surface area (Å²) >= 11 is 0. The Morgan fingerprint density at radius 1 is 1.00 bits per heavy atom. The second-order valence-corrected chi connectivity index (χ2v) is 5.63. The summed E-state index contributed by atoms with van der Waals surface area (Å²) in [6.45, 7) is 2.05. The van der Waals surface area contributed by atoms with Crippen LogP contribution in [0.5, 0.6) is 0 Å². The number of aromatic nitrogens is 1. The molecule has 1 heterocycles. The highest BCUT2D eigenvalue weighted by molar-refractivity contribution is 6.04. The van der Waals surface area contributed by atoms with Crippen molar-refractivity contribution in [2.75, 3.05) is 5.32 Å². The van der Waals surface area contributed by atoms with Gasteiger partial charge in [0.1, 0.15) is 11.4 Å². The van der Waals surface area contributed by atoms with Gasteiger partial charge >= 0.3 is 0 Å². The molecule has 3 aromatic rings. The topological polar surface area (TPSA) is 62.0 Å². The van der Waals surface area contributed by atoms with Gasteiger partial charge in [0.2, 0.25) is 0 Å². The highest BCUT2D eigenvalue weighted by atomic mass is 19.1. The Morgan fingerprint density at radius 3 is 2.28 bits per heavy atom. The third-order valence-corrected chi connectivity index (χ3v) is 3.93. The van der Waals surface area contributed by atoms with Gasteiger partial charge in [0.25, 0.3) is 11.5 Å². The molecule has 0 unspecified atom stereocenters. The molecule has 0 atom stereocenters. The number of aryl methyl sites for hydroxylation is 1. The maximum Gasteiger partial charge on any atom is 0.261 e. The molecule has 0 saturated carbocycles. The van der Waals surface area contributed by atoms with Gasteiger partial charge in [-0.25, -0.2) is 4.39 Å². The Balaban J connectivity index is 1.81. The van der Waals surface area contributed by atoms with E-state index in [1.54, 1.807) is 30.3 Å². The van der Waals surface area contributed by atoms with Crippen LogP contribution in [-0.2, 0) is 6.42 Å². The lowest BCUT2D eigenvalue weighted by molar-refractivity contribution is 0.102. The van der Waals surface area contributed by atoms with Gasteiger partial charge in [0.05, 0.1) is 0 Å². The summed E-state index contributed by atoms with van der Waals surface area (Å²) in [5.74, 6) is -0.827. The van der Waals surface area contributed by atoms with Crippen LogP contribution in [0.1, 0.15) is 22.8 Å². The molecule has 0 spiro atoms. The predicted octanol–water partition coefficient (Wildman–Crippen LogP) is 4.00. The van der Waals surface area contributed by atoms with Crippen molar-refractivity contribution in [1.82, 2.24) is 4.98 Å². The average molecular weight is 336 g/mol. The van der Waals surface area contributed by atoms with E-state index < -0.39 is 11.5 Å². The molecule has 2 N–H and O–H groups in total. The third-order valence-electron chi connectivity index (χ3n) is 3.93. The minimum Gasteiger partial charge on any atom is -0.322 e. The number of pyridine rings is 1. The summed E-state index contributed by atoms with van der Waals surface area (Å²) in [6.07, 6.45) is 0.915. The Labute approximate surface area is 144 Å². The zero-order valence-electron chi connectivity index (χ0n) is 13.7. The van der Waals surface area contributed by atoms with Crippen LogP contribution in [0.25, 0.3) is 11.3 Å². The molecular formula is C20H17FN2O2. The summed E-state index contributed by atoms with van der Waals surface area (Å²) in [5.41, 5.74) is 2.51. The molecule has 5 heteroatoms. The highest BCUT2D eigenvalue weighted by Crippen LogP contribution is 2.16. The molecule has 2 aromatic carbocycles. The van der Waals surface area contributed by atoms with Crippen molar-refractivity contribution in [2.45, 2.75) is 13.3 Å². The number of nitrogens with one attached hydrogen (secondary N) is 2. The van der Waals surface area contributed by atoms with Crippen molar-refractivity contribution in [3.8, 4) is 11.3 Å². The first-order valence-corrected chi connectivity index (χ1v) is 7.96. The number of amides is 1. The first-order valence-electron chi connectivity index (χ1n) is 7.96. The fraction of sp³-hybridized carbons (Fsp3) is 0.100. The van der Waals surface area contributed by atoms with Crippen LogP contribution in [0.4, 0.5) is 10.1 Å². The number of halogens is 1. The molecule has 0 saturated heterocycles. The zero-order chi connectivity index (χ0) is 17.8. The summed E-state index contributed by atoms with van der Waals surface area (Å²) in [5, 5.41) is 2.71. The number of anilines is 1.